The van der Waals surface area contributed by atoms with E-state index in [4.69, 9.17) is 0 Å². The molecule has 3 N–H and O–H groups in total. The first-order valence-corrected chi connectivity index (χ1v) is 8.89. The fourth-order valence-electron chi connectivity index (χ4n) is 4.24. The molecule has 0 aliphatic heterocycles. The molecule has 0 aromatic heterocycles. The van der Waals surface area contributed by atoms with Gasteiger partial charge in [-0.25, -0.2) is 4.79 Å². The number of aliphatic hydroxyl groups is 1. The van der Waals surface area contributed by atoms with E-state index in [9.17, 15) is 9.90 Å². The van der Waals surface area contributed by atoms with Gasteiger partial charge in [0.05, 0.1) is 12.1 Å². The summed E-state index contributed by atoms with van der Waals surface area (Å²) in [6, 6.07) is 7.75. The number of carbonyl (C=O) groups excluding carboxylic acids is 1. The molecule has 0 saturated heterocycles. The summed E-state index contributed by atoms with van der Waals surface area (Å²) in [6.45, 7) is 4.47. The summed E-state index contributed by atoms with van der Waals surface area (Å²) >= 11 is 0. The Morgan fingerprint density at radius 2 is 1.91 bits per heavy atom. The normalized spacial score (nSPS) is 30.1. The van der Waals surface area contributed by atoms with Gasteiger partial charge in [-0.05, 0) is 35.8 Å². The molecule has 126 valence electrons. The molecule has 1 saturated carbocycles. The molecule has 1 aromatic carbocycles. The van der Waals surface area contributed by atoms with Gasteiger partial charge in [-0.15, -0.1) is 0 Å². The number of carbonyl (C=O) groups is 1. The lowest BCUT2D eigenvalue weighted by Crippen LogP contribution is -2.49. The zero-order valence-corrected chi connectivity index (χ0v) is 14.1. The summed E-state index contributed by atoms with van der Waals surface area (Å²) in [6.07, 6.45) is 4.77. The Labute approximate surface area is 138 Å². The van der Waals surface area contributed by atoms with Crippen molar-refractivity contribution in [2.75, 3.05) is 0 Å². The fourth-order valence-corrected chi connectivity index (χ4v) is 4.24. The highest BCUT2D eigenvalue weighted by Crippen LogP contribution is 2.32. The van der Waals surface area contributed by atoms with Crippen LogP contribution in [-0.2, 0) is 6.42 Å². The number of urea groups is 1. The molecule has 1 aromatic rings. The highest BCUT2D eigenvalue weighted by molar-refractivity contribution is 5.75. The van der Waals surface area contributed by atoms with Crippen molar-refractivity contribution in [2.24, 2.45) is 11.8 Å². The predicted octanol–water partition coefficient (Wildman–Crippen LogP) is 3.16. The molecule has 1 fully saturated rings. The van der Waals surface area contributed by atoms with Crippen LogP contribution in [0, 0.1) is 11.8 Å². The second kappa shape index (κ2) is 6.91. The van der Waals surface area contributed by atoms with Crippen molar-refractivity contribution in [3.63, 3.8) is 0 Å². The first-order valence-electron chi connectivity index (χ1n) is 8.89. The second-order valence-electron chi connectivity index (χ2n) is 7.36. The number of aliphatic hydroxyl groups excluding tert-OH is 1. The Morgan fingerprint density at radius 1 is 1.17 bits per heavy atom. The van der Waals surface area contributed by atoms with Crippen molar-refractivity contribution >= 4 is 6.03 Å². The van der Waals surface area contributed by atoms with Crippen LogP contribution in [0.2, 0.25) is 0 Å². The average Bonchev–Trinajstić information content (AvgIpc) is 2.83. The number of rotatable bonds is 3. The van der Waals surface area contributed by atoms with Crippen molar-refractivity contribution in [1.82, 2.24) is 10.6 Å². The van der Waals surface area contributed by atoms with Gasteiger partial charge in [-0.3, -0.25) is 0 Å². The molecule has 4 nitrogen and oxygen atoms in total. The first-order chi connectivity index (χ1) is 11.1. The summed E-state index contributed by atoms with van der Waals surface area (Å²) in [4.78, 5) is 12.5. The van der Waals surface area contributed by atoms with Crippen LogP contribution in [0.15, 0.2) is 24.3 Å². The molecule has 23 heavy (non-hydrogen) atoms. The molecule has 0 heterocycles. The van der Waals surface area contributed by atoms with Gasteiger partial charge < -0.3 is 15.7 Å². The summed E-state index contributed by atoms with van der Waals surface area (Å²) < 4.78 is 0. The molecule has 0 radical (unpaired) electrons. The lowest BCUT2D eigenvalue weighted by molar-refractivity contribution is 0.139. The van der Waals surface area contributed by atoms with Crippen molar-refractivity contribution in [1.29, 1.82) is 0 Å². The van der Waals surface area contributed by atoms with Crippen LogP contribution in [-0.4, -0.2) is 23.3 Å². The minimum Gasteiger partial charge on any atom is -0.390 e. The molecular weight excluding hydrogens is 288 g/mol. The maximum atomic E-state index is 12.5. The summed E-state index contributed by atoms with van der Waals surface area (Å²) in [5, 5.41) is 16.4. The van der Waals surface area contributed by atoms with Gasteiger partial charge in [0.2, 0.25) is 0 Å². The van der Waals surface area contributed by atoms with E-state index in [-0.39, 0.29) is 18.1 Å². The Balaban J connectivity index is 1.63. The molecule has 4 atom stereocenters. The number of hydrogen-bond acceptors (Lipinski definition) is 2. The zero-order valence-electron chi connectivity index (χ0n) is 14.1. The van der Waals surface area contributed by atoms with Gasteiger partial charge in [0, 0.05) is 12.5 Å². The highest BCUT2D eigenvalue weighted by Gasteiger charge is 2.33. The van der Waals surface area contributed by atoms with Crippen LogP contribution in [0.25, 0.3) is 0 Å². The Bertz CT molecular complexity index is 558. The lowest BCUT2D eigenvalue weighted by atomic mass is 9.78. The van der Waals surface area contributed by atoms with Gasteiger partial charge >= 0.3 is 6.03 Å². The first kappa shape index (κ1) is 16.3. The molecular formula is C19H28N2O2. The van der Waals surface area contributed by atoms with Crippen LogP contribution in [0.1, 0.15) is 56.7 Å². The smallest absolute Gasteiger partial charge is 0.315 e. The number of fused-ring (bicyclic) bond motifs is 1. The van der Waals surface area contributed by atoms with Crippen LogP contribution in [0.3, 0.4) is 0 Å². The quantitative estimate of drug-likeness (QED) is 0.802. The van der Waals surface area contributed by atoms with Gasteiger partial charge in [-0.2, -0.15) is 0 Å². The topological polar surface area (TPSA) is 61.4 Å². The SMILES string of the molecule is CC(C)C1CCCCC1NC(=O)N[C@H]1c2ccccc2C[C@H]1O. The Kier molecular flexibility index (Phi) is 4.90. The van der Waals surface area contributed by atoms with Gasteiger partial charge in [-0.1, -0.05) is 51.0 Å². The van der Waals surface area contributed by atoms with Gasteiger partial charge in [0.15, 0.2) is 0 Å². The van der Waals surface area contributed by atoms with Crippen molar-refractivity contribution in [3.05, 3.63) is 35.4 Å². The minimum atomic E-state index is -0.537. The number of nitrogens with one attached hydrogen (secondary N) is 2. The van der Waals surface area contributed by atoms with Crippen molar-refractivity contribution in [2.45, 2.75) is 64.1 Å². The third-order valence-corrected chi connectivity index (χ3v) is 5.48. The van der Waals surface area contributed by atoms with E-state index in [0.29, 0.717) is 18.3 Å². The van der Waals surface area contributed by atoms with Crippen molar-refractivity contribution in [3.8, 4) is 0 Å². The lowest BCUT2D eigenvalue weighted by Gasteiger charge is -2.35. The van der Waals surface area contributed by atoms with Crippen LogP contribution in [0.5, 0.6) is 0 Å². The van der Waals surface area contributed by atoms with Crippen LogP contribution in [0.4, 0.5) is 4.79 Å². The van der Waals surface area contributed by atoms with Crippen LogP contribution < -0.4 is 10.6 Å². The monoisotopic (exact) mass is 316 g/mol. The zero-order chi connectivity index (χ0) is 16.4. The average molecular weight is 316 g/mol. The third-order valence-electron chi connectivity index (χ3n) is 5.48. The molecule has 2 unspecified atom stereocenters. The largest absolute Gasteiger partial charge is 0.390 e. The van der Waals surface area contributed by atoms with Crippen molar-refractivity contribution < 1.29 is 9.90 Å². The molecule has 0 spiro atoms. The third kappa shape index (κ3) is 3.52. The molecule has 2 aliphatic carbocycles. The van der Waals surface area contributed by atoms with Crippen LogP contribution >= 0.6 is 0 Å². The number of amides is 2. The van der Waals surface area contributed by atoms with E-state index in [1.54, 1.807) is 0 Å². The predicted molar refractivity (Wildman–Crippen MR) is 91.1 cm³/mol. The van der Waals surface area contributed by atoms with Gasteiger partial charge in [0.1, 0.15) is 0 Å². The van der Waals surface area contributed by atoms with E-state index >= 15 is 0 Å². The van der Waals surface area contributed by atoms with Gasteiger partial charge in [0.25, 0.3) is 0 Å². The minimum absolute atomic E-state index is 0.150. The number of benzene rings is 1. The summed E-state index contributed by atoms with van der Waals surface area (Å²) in [5.74, 6) is 1.13. The molecule has 3 rings (SSSR count). The second-order valence-corrected chi connectivity index (χ2v) is 7.36. The van der Waals surface area contributed by atoms with E-state index in [0.717, 1.165) is 17.5 Å². The Morgan fingerprint density at radius 3 is 2.70 bits per heavy atom. The molecule has 4 heteroatoms. The standard InChI is InChI=1S/C19H28N2O2/c1-12(2)14-8-5-6-10-16(14)20-19(23)21-18-15-9-4-3-7-13(15)11-17(18)22/h3-4,7,9,12,14,16-18,22H,5-6,8,10-11H2,1-2H3,(H2,20,21,23)/t14?,16?,17-,18+/m1/s1. The fraction of sp³-hybridized carbons (Fsp3) is 0.632. The molecule has 0 bridgehead atoms. The number of hydrogen-bond donors (Lipinski definition) is 3. The van der Waals surface area contributed by atoms with E-state index in [1.807, 2.05) is 24.3 Å². The van der Waals surface area contributed by atoms with E-state index in [1.165, 1.54) is 19.3 Å². The summed E-state index contributed by atoms with van der Waals surface area (Å²) in [7, 11) is 0. The van der Waals surface area contributed by atoms with E-state index in [2.05, 4.69) is 24.5 Å². The molecule has 2 aliphatic rings. The molecule has 2 amide bonds. The maximum Gasteiger partial charge on any atom is 0.315 e. The highest BCUT2D eigenvalue weighted by atomic mass is 16.3. The Hall–Kier alpha value is -1.55. The maximum absolute atomic E-state index is 12.5. The summed E-state index contributed by atoms with van der Waals surface area (Å²) in [5.41, 5.74) is 2.17. The van der Waals surface area contributed by atoms with E-state index < -0.39 is 6.10 Å².